The van der Waals surface area contributed by atoms with E-state index in [9.17, 15) is 0 Å². The molecule has 1 aromatic carbocycles. The minimum Gasteiger partial charge on any atom is -0.497 e. The van der Waals surface area contributed by atoms with E-state index in [1.54, 1.807) is 7.11 Å². The van der Waals surface area contributed by atoms with E-state index in [-0.39, 0.29) is 6.04 Å². The molecular formula is C12H14N4O. The van der Waals surface area contributed by atoms with Gasteiger partial charge in [0.25, 0.3) is 0 Å². The molecule has 17 heavy (non-hydrogen) atoms. The van der Waals surface area contributed by atoms with Crippen molar-refractivity contribution in [2.45, 2.75) is 6.04 Å². The first-order valence-electron chi connectivity index (χ1n) is 5.58. The normalized spacial score (nSPS) is 22.2. The van der Waals surface area contributed by atoms with Gasteiger partial charge in [-0.3, -0.25) is 9.89 Å². The highest BCUT2D eigenvalue weighted by Gasteiger charge is 2.34. The van der Waals surface area contributed by atoms with Crippen LogP contribution in [0.2, 0.25) is 0 Å². The fourth-order valence-corrected chi connectivity index (χ4v) is 2.20. The molecule has 0 saturated heterocycles. The highest BCUT2D eigenvalue weighted by atomic mass is 16.5. The van der Waals surface area contributed by atoms with Gasteiger partial charge >= 0.3 is 0 Å². The summed E-state index contributed by atoms with van der Waals surface area (Å²) in [5.74, 6) is 2.38. The molecule has 1 aromatic rings. The minimum absolute atomic E-state index is 0.0524. The third kappa shape index (κ3) is 1.54. The molecule has 1 unspecified atom stereocenters. The van der Waals surface area contributed by atoms with Crippen molar-refractivity contribution in [3.8, 4) is 5.75 Å². The number of rotatable bonds is 2. The molecule has 0 amide bonds. The summed E-state index contributed by atoms with van der Waals surface area (Å²) in [6.07, 6.45) is 0. The molecule has 0 saturated carbocycles. The minimum atomic E-state index is -0.0524. The van der Waals surface area contributed by atoms with Crippen molar-refractivity contribution in [1.29, 1.82) is 0 Å². The van der Waals surface area contributed by atoms with Crippen LogP contribution in [0.15, 0.2) is 34.3 Å². The molecule has 2 aliphatic heterocycles. The molecule has 0 aromatic heterocycles. The summed E-state index contributed by atoms with van der Waals surface area (Å²) in [7, 11) is 1.66. The molecule has 0 fully saturated rings. The topological polar surface area (TPSA) is 63.2 Å². The molecule has 2 aliphatic rings. The second-order valence-electron chi connectivity index (χ2n) is 4.05. The van der Waals surface area contributed by atoms with Crippen LogP contribution in [0.4, 0.5) is 0 Å². The number of ether oxygens (including phenoxy) is 1. The molecule has 0 bridgehead atoms. The molecule has 0 radical (unpaired) electrons. The monoisotopic (exact) mass is 230 g/mol. The Balaban J connectivity index is 1.93. The van der Waals surface area contributed by atoms with Crippen LogP contribution in [-0.2, 0) is 0 Å². The zero-order chi connectivity index (χ0) is 11.8. The quantitative estimate of drug-likeness (QED) is 0.816. The molecule has 2 heterocycles. The van der Waals surface area contributed by atoms with Crippen LogP contribution >= 0.6 is 0 Å². The van der Waals surface area contributed by atoms with E-state index in [4.69, 9.17) is 10.5 Å². The van der Waals surface area contributed by atoms with Crippen molar-refractivity contribution in [1.82, 2.24) is 4.90 Å². The van der Waals surface area contributed by atoms with Gasteiger partial charge in [0.15, 0.2) is 5.96 Å². The molecule has 2 N–H and O–H groups in total. The summed E-state index contributed by atoms with van der Waals surface area (Å²) in [6.45, 7) is 1.65. The van der Waals surface area contributed by atoms with Crippen LogP contribution in [-0.4, -0.2) is 36.9 Å². The van der Waals surface area contributed by atoms with Gasteiger partial charge in [-0.2, -0.15) is 0 Å². The van der Waals surface area contributed by atoms with Gasteiger partial charge in [0.1, 0.15) is 17.6 Å². The maximum atomic E-state index is 5.87. The fourth-order valence-electron chi connectivity index (χ4n) is 2.20. The molecular weight excluding hydrogens is 216 g/mol. The average Bonchev–Trinajstić information content (AvgIpc) is 2.94. The lowest BCUT2D eigenvalue weighted by atomic mass is 10.1. The van der Waals surface area contributed by atoms with Crippen molar-refractivity contribution >= 4 is 11.8 Å². The number of hydrogen-bond acceptors (Lipinski definition) is 5. The Bertz CT molecular complexity index is 492. The van der Waals surface area contributed by atoms with E-state index in [2.05, 4.69) is 9.98 Å². The van der Waals surface area contributed by atoms with Crippen molar-refractivity contribution in [3.63, 3.8) is 0 Å². The van der Waals surface area contributed by atoms with Gasteiger partial charge in [0.2, 0.25) is 0 Å². The number of fused-ring (bicyclic) bond motifs is 1. The number of amidine groups is 1. The van der Waals surface area contributed by atoms with Gasteiger partial charge in [0.05, 0.1) is 13.7 Å². The van der Waals surface area contributed by atoms with Crippen molar-refractivity contribution in [2.24, 2.45) is 15.7 Å². The second-order valence-corrected chi connectivity index (χ2v) is 4.05. The number of hydrogen-bond donors (Lipinski definition) is 1. The maximum Gasteiger partial charge on any atom is 0.197 e. The summed E-state index contributed by atoms with van der Waals surface area (Å²) in [4.78, 5) is 10.9. The zero-order valence-electron chi connectivity index (χ0n) is 9.63. The summed E-state index contributed by atoms with van der Waals surface area (Å²) >= 11 is 0. The van der Waals surface area contributed by atoms with Crippen LogP contribution in [0.25, 0.3) is 0 Å². The Morgan fingerprint density at radius 2 is 2.12 bits per heavy atom. The first-order valence-corrected chi connectivity index (χ1v) is 5.58. The maximum absolute atomic E-state index is 5.87. The summed E-state index contributed by atoms with van der Waals surface area (Å²) < 4.78 is 5.14. The molecule has 0 aliphatic carbocycles. The number of nitrogens with two attached hydrogens (primary N) is 1. The van der Waals surface area contributed by atoms with Crippen LogP contribution in [0.5, 0.6) is 5.75 Å². The van der Waals surface area contributed by atoms with Gasteiger partial charge in [-0.15, -0.1) is 0 Å². The van der Waals surface area contributed by atoms with E-state index in [0.29, 0.717) is 5.96 Å². The van der Waals surface area contributed by atoms with Gasteiger partial charge in [-0.25, -0.2) is 4.99 Å². The third-order valence-corrected chi connectivity index (χ3v) is 3.09. The Labute approximate surface area is 99.6 Å². The van der Waals surface area contributed by atoms with Gasteiger partial charge in [-0.1, -0.05) is 12.1 Å². The fraction of sp³-hybridized carbons (Fsp3) is 0.333. The predicted octanol–water partition coefficient (Wildman–Crippen LogP) is 0.779. The molecule has 5 heteroatoms. The highest BCUT2D eigenvalue weighted by Crippen LogP contribution is 2.29. The molecule has 5 nitrogen and oxygen atoms in total. The van der Waals surface area contributed by atoms with Crippen molar-refractivity contribution < 1.29 is 4.74 Å². The SMILES string of the molecule is COc1ccc(C2N=C(N)N3CCN=C23)cc1. The predicted molar refractivity (Wildman–Crippen MR) is 66.4 cm³/mol. The standard InChI is InChI=1S/C12H14N4O/c1-17-9-4-2-8(3-5-9)10-11-14-6-7-16(11)12(13)15-10/h2-5,10H,6-7H2,1H3,(H2,13,15). The van der Waals surface area contributed by atoms with E-state index in [0.717, 1.165) is 30.2 Å². The summed E-state index contributed by atoms with van der Waals surface area (Å²) in [6, 6.07) is 7.82. The van der Waals surface area contributed by atoms with E-state index >= 15 is 0 Å². The van der Waals surface area contributed by atoms with Crippen LogP contribution < -0.4 is 10.5 Å². The summed E-state index contributed by atoms with van der Waals surface area (Å²) in [5.41, 5.74) is 6.97. The Hall–Kier alpha value is -2.04. The smallest absolute Gasteiger partial charge is 0.197 e. The Kier molecular flexibility index (Phi) is 2.24. The second kappa shape index (κ2) is 3.76. The zero-order valence-corrected chi connectivity index (χ0v) is 9.63. The largest absolute Gasteiger partial charge is 0.497 e. The van der Waals surface area contributed by atoms with Crippen LogP contribution in [0.1, 0.15) is 11.6 Å². The first kappa shape index (κ1) is 10.1. The van der Waals surface area contributed by atoms with Crippen molar-refractivity contribution in [2.75, 3.05) is 20.2 Å². The number of methoxy groups -OCH3 is 1. The van der Waals surface area contributed by atoms with E-state index < -0.39 is 0 Å². The van der Waals surface area contributed by atoms with E-state index in [1.807, 2.05) is 29.2 Å². The summed E-state index contributed by atoms with van der Waals surface area (Å²) in [5, 5.41) is 0. The highest BCUT2D eigenvalue weighted by molar-refractivity contribution is 6.08. The number of benzene rings is 1. The average molecular weight is 230 g/mol. The number of nitrogens with zero attached hydrogens (tertiary/aromatic N) is 3. The molecule has 88 valence electrons. The molecule has 0 spiro atoms. The third-order valence-electron chi connectivity index (χ3n) is 3.09. The first-order chi connectivity index (χ1) is 8.29. The number of aliphatic imine (C=N–C) groups is 2. The van der Waals surface area contributed by atoms with Crippen LogP contribution in [0.3, 0.4) is 0 Å². The van der Waals surface area contributed by atoms with Crippen molar-refractivity contribution in [3.05, 3.63) is 29.8 Å². The molecule has 1 atom stereocenters. The Morgan fingerprint density at radius 3 is 2.82 bits per heavy atom. The lowest BCUT2D eigenvalue weighted by Crippen LogP contribution is -2.35. The lowest BCUT2D eigenvalue weighted by molar-refractivity contribution is 0.414. The van der Waals surface area contributed by atoms with Gasteiger partial charge < -0.3 is 10.5 Å². The number of guanidine groups is 1. The van der Waals surface area contributed by atoms with E-state index in [1.165, 1.54) is 0 Å². The Morgan fingerprint density at radius 1 is 1.35 bits per heavy atom. The molecule has 3 rings (SSSR count). The van der Waals surface area contributed by atoms with Crippen LogP contribution in [0, 0.1) is 0 Å². The lowest BCUT2D eigenvalue weighted by Gasteiger charge is -2.13. The van der Waals surface area contributed by atoms with Gasteiger partial charge in [-0.05, 0) is 17.7 Å². The van der Waals surface area contributed by atoms with Gasteiger partial charge in [0, 0.05) is 6.54 Å².